The second kappa shape index (κ2) is 8.44. The lowest BCUT2D eigenvalue weighted by Crippen LogP contribution is -2.52. The number of hydrogen-bond acceptors (Lipinski definition) is 3. The van der Waals surface area contributed by atoms with Crippen LogP contribution < -0.4 is 0 Å². The van der Waals surface area contributed by atoms with Gasteiger partial charge in [0, 0.05) is 19.3 Å². The van der Waals surface area contributed by atoms with E-state index in [0.717, 1.165) is 30.5 Å². The standard InChI is InChI=1S/C19H30N2O2/c1-5-6-9-16-12-21(13-18(23-16)14(2)3)19(22)11-17-15(4)8-7-10-20-17/h7-8,10,14,16,18H,5-6,9,11-13H2,1-4H3/t16-,18-/m1/s1. The first kappa shape index (κ1) is 17.9. The number of unbranched alkanes of at least 4 members (excludes halogenated alkanes) is 1. The number of hydrogen-bond donors (Lipinski definition) is 0. The molecule has 0 N–H and O–H groups in total. The summed E-state index contributed by atoms with van der Waals surface area (Å²) in [4.78, 5) is 19.1. The molecular formula is C19H30N2O2. The van der Waals surface area contributed by atoms with Crippen LogP contribution in [0.1, 0.15) is 51.3 Å². The molecule has 4 nitrogen and oxygen atoms in total. The van der Waals surface area contributed by atoms with E-state index in [1.807, 2.05) is 24.0 Å². The smallest absolute Gasteiger partial charge is 0.228 e. The van der Waals surface area contributed by atoms with Gasteiger partial charge in [-0.15, -0.1) is 0 Å². The fourth-order valence-corrected chi connectivity index (χ4v) is 2.99. The molecule has 4 heteroatoms. The summed E-state index contributed by atoms with van der Waals surface area (Å²) in [6.45, 7) is 9.95. The largest absolute Gasteiger partial charge is 0.371 e. The molecule has 2 rings (SSSR count). The Morgan fingerprint density at radius 1 is 1.43 bits per heavy atom. The molecule has 1 aliphatic heterocycles. The summed E-state index contributed by atoms with van der Waals surface area (Å²) in [6, 6.07) is 3.92. The molecule has 0 saturated carbocycles. The van der Waals surface area contributed by atoms with Gasteiger partial charge in [0.25, 0.3) is 0 Å². The third-order valence-electron chi connectivity index (χ3n) is 4.60. The van der Waals surface area contributed by atoms with Crippen molar-refractivity contribution >= 4 is 5.91 Å². The predicted octanol–water partition coefficient (Wildman–Crippen LogP) is 3.37. The Hall–Kier alpha value is -1.42. The molecule has 1 fully saturated rings. The fourth-order valence-electron chi connectivity index (χ4n) is 2.99. The van der Waals surface area contributed by atoms with Crippen LogP contribution in [0.4, 0.5) is 0 Å². The van der Waals surface area contributed by atoms with Crippen molar-refractivity contribution in [3.63, 3.8) is 0 Å². The van der Waals surface area contributed by atoms with Gasteiger partial charge in [-0.05, 0) is 30.9 Å². The molecule has 0 aromatic carbocycles. The molecule has 1 amide bonds. The van der Waals surface area contributed by atoms with E-state index in [4.69, 9.17) is 4.74 Å². The molecule has 0 spiro atoms. The van der Waals surface area contributed by atoms with Crippen molar-refractivity contribution in [1.82, 2.24) is 9.88 Å². The number of pyridine rings is 1. The highest BCUT2D eigenvalue weighted by Gasteiger charge is 2.31. The number of aryl methyl sites for hydroxylation is 1. The lowest BCUT2D eigenvalue weighted by atomic mass is 10.0. The minimum Gasteiger partial charge on any atom is -0.371 e. The van der Waals surface area contributed by atoms with Crippen LogP contribution >= 0.6 is 0 Å². The van der Waals surface area contributed by atoms with Gasteiger partial charge < -0.3 is 9.64 Å². The monoisotopic (exact) mass is 318 g/mol. The zero-order valence-corrected chi connectivity index (χ0v) is 14.9. The molecule has 128 valence electrons. The Balaban J connectivity index is 2.03. The molecule has 23 heavy (non-hydrogen) atoms. The summed E-state index contributed by atoms with van der Waals surface area (Å²) in [5.41, 5.74) is 1.97. The lowest BCUT2D eigenvalue weighted by molar-refractivity contribution is -0.149. The highest BCUT2D eigenvalue weighted by molar-refractivity contribution is 5.78. The molecule has 2 heterocycles. The number of carbonyl (C=O) groups is 1. The lowest BCUT2D eigenvalue weighted by Gasteiger charge is -2.40. The van der Waals surface area contributed by atoms with Crippen molar-refractivity contribution in [2.24, 2.45) is 5.92 Å². The Bertz CT molecular complexity index is 516. The van der Waals surface area contributed by atoms with E-state index in [1.54, 1.807) is 6.20 Å². The van der Waals surface area contributed by atoms with E-state index in [0.29, 0.717) is 25.4 Å². The number of aromatic nitrogens is 1. The summed E-state index contributed by atoms with van der Waals surface area (Å²) >= 11 is 0. The maximum atomic E-state index is 12.7. The maximum Gasteiger partial charge on any atom is 0.228 e. The Labute approximate surface area is 140 Å². The van der Waals surface area contributed by atoms with Crippen LogP contribution in [0, 0.1) is 12.8 Å². The molecule has 1 aromatic rings. The fraction of sp³-hybridized carbons (Fsp3) is 0.684. The Morgan fingerprint density at radius 2 is 2.22 bits per heavy atom. The van der Waals surface area contributed by atoms with Gasteiger partial charge in [0.1, 0.15) is 0 Å². The van der Waals surface area contributed by atoms with Gasteiger partial charge in [-0.2, -0.15) is 0 Å². The highest BCUT2D eigenvalue weighted by atomic mass is 16.5. The van der Waals surface area contributed by atoms with E-state index < -0.39 is 0 Å². The summed E-state index contributed by atoms with van der Waals surface area (Å²) in [7, 11) is 0. The minimum absolute atomic E-state index is 0.138. The Kier molecular flexibility index (Phi) is 6.58. The van der Waals surface area contributed by atoms with Crippen molar-refractivity contribution in [3.8, 4) is 0 Å². The third kappa shape index (κ3) is 5.03. The van der Waals surface area contributed by atoms with Crippen LogP contribution in [-0.4, -0.2) is 41.1 Å². The molecule has 2 atom stereocenters. The molecule has 0 bridgehead atoms. The van der Waals surface area contributed by atoms with E-state index in [1.165, 1.54) is 0 Å². The van der Waals surface area contributed by atoms with Gasteiger partial charge in [0.05, 0.1) is 24.3 Å². The summed E-state index contributed by atoms with van der Waals surface area (Å²) in [5.74, 6) is 0.591. The maximum absolute atomic E-state index is 12.7. The van der Waals surface area contributed by atoms with Crippen molar-refractivity contribution in [1.29, 1.82) is 0 Å². The van der Waals surface area contributed by atoms with Crippen LogP contribution in [0.25, 0.3) is 0 Å². The molecule has 0 unspecified atom stereocenters. The first-order valence-electron chi connectivity index (χ1n) is 8.85. The van der Waals surface area contributed by atoms with E-state index >= 15 is 0 Å². The third-order valence-corrected chi connectivity index (χ3v) is 4.60. The van der Waals surface area contributed by atoms with Crippen LogP contribution in [0.2, 0.25) is 0 Å². The summed E-state index contributed by atoms with van der Waals surface area (Å²) in [6.07, 6.45) is 5.80. The average molecular weight is 318 g/mol. The van der Waals surface area contributed by atoms with E-state index in [9.17, 15) is 4.79 Å². The van der Waals surface area contributed by atoms with Crippen LogP contribution in [0.15, 0.2) is 18.3 Å². The van der Waals surface area contributed by atoms with Crippen LogP contribution in [0.5, 0.6) is 0 Å². The summed E-state index contributed by atoms with van der Waals surface area (Å²) in [5, 5.41) is 0. The zero-order valence-electron chi connectivity index (χ0n) is 14.9. The number of amides is 1. The minimum atomic E-state index is 0.138. The SMILES string of the molecule is CCCC[C@@H]1CN(C(=O)Cc2ncccc2C)C[C@H](C(C)C)O1. The van der Waals surface area contributed by atoms with Crippen LogP contribution in [0.3, 0.4) is 0 Å². The topological polar surface area (TPSA) is 42.4 Å². The molecule has 1 aliphatic rings. The molecule has 0 aliphatic carbocycles. The number of carbonyl (C=O) groups excluding carboxylic acids is 1. The first-order chi connectivity index (χ1) is 11.0. The average Bonchev–Trinajstić information content (AvgIpc) is 2.54. The molecule has 1 aromatic heterocycles. The van der Waals surface area contributed by atoms with Gasteiger partial charge in [-0.1, -0.05) is 39.7 Å². The van der Waals surface area contributed by atoms with Gasteiger partial charge in [0.2, 0.25) is 5.91 Å². The van der Waals surface area contributed by atoms with Crippen molar-refractivity contribution < 1.29 is 9.53 Å². The van der Waals surface area contributed by atoms with Crippen LogP contribution in [-0.2, 0) is 16.0 Å². The van der Waals surface area contributed by atoms with Gasteiger partial charge in [-0.25, -0.2) is 0 Å². The van der Waals surface area contributed by atoms with Crippen molar-refractivity contribution in [2.75, 3.05) is 13.1 Å². The normalized spacial score (nSPS) is 21.7. The van der Waals surface area contributed by atoms with Gasteiger partial charge in [-0.3, -0.25) is 9.78 Å². The number of ether oxygens (including phenoxy) is 1. The number of nitrogens with zero attached hydrogens (tertiary/aromatic N) is 2. The Morgan fingerprint density at radius 3 is 2.87 bits per heavy atom. The van der Waals surface area contributed by atoms with E-state index in [-0.39, 0.29) is 18.1 Å². The quantitative estimate of drug-likeness (QED) is 0.807. The second-order valence-electron chi connectivity index (χ2n) is 6.93. The molecular weight excluding hydrogens is 288 g/mol. The molecule has 1 saturated heterocycles. The molecule has 0 radical (unpaired) electrons. The van der Waals surface area contributed by atoms with Crippen molar-refractivity contribution in [2.45, 2.75) is 65.6 Å². The van der Waals surface area contributed by atoms with Gasteiger partial charge >= 0.3 is 0 Å². The van der Waals surface area contributed by atoms with Gasteiger partial charge in [0.15, 0.2) is 0 Å². The number of morpholine rings is 1. The van der Waals surface area contributed by atoms with E-state index in [2.05, 4.69) is 25.8 Å². The zero-order chi connectivity index (χ0) is 16.8. The number of rotatable bonds is 6. The van der Waals surface area contributed by atoms with Crippen molar-refractivity contribution in [3.05, 3.63) is 29.6 Å². The highest BCUT2D eigenvalue weighted by Crippen LogP contribution is 2.21. The summed E-state index contributed by atoms with van der Waals surface area (Å²) < 4.78 is 6.19. The second-order valence-corrected chi connectivity index (χ2v) is 6.93. The first-order valence-corrected chi connectivity index (χ1v) is 8.85. The predicted molar refractivity (Wildman–Crippen MR) is 92.3 cm³/mol.